The lowest BCUT2D eigenvalue weighted by molar-refractivity contribution is -0.130. The van der Waals surface area contributed by atoms with Crippen molar-refractivity contribution in [3.05, 3.63) is 66.0 Å². The number of carbonyl (C=O) groups excluding carboxylic acids is 3. The topological polar surface area (TPSA) is 103 Å². The van der Waals surface area contributed by atoms with E-state index in [1.165, 1.54) is 4.90 Å². The van der Waals surface area contributed by atoms with Crippen LogP contribution in [0.2, 0.25) is 0 Å². The molecule has 0 bridgehead atoms. The summed E-state index contributed by atoms with van der Waals surface area (Å²) in [4.78, 5) is 42.7. The maximum atomic E-state index is 12.6. The number of aromatic nitrogens is 1. The fraction of sp³-hybridized carbons (Fsp3) is 0.222. The van der Waals surface area contributed by atoms with Gasteiger partial charge in [-0.2, -0.15) is 0 Å². The first kappa shape index (κ1) is 16.1. The van der Waals surface area contributed by atoms with E-state index >= 15 is 0 Å². The summed E-state index contributed by atoms with van der Waals surface area (Å²) < 4.78 is 0. The van der Waals surface area contributed by atoms with Crippen LogP contribution in [0.15, 0.2) is 54.9 Å². The number of urea groups is 2. The van der Waals surface area contributed by atoms with Crippen LogP contribution in [0.25, 0.3) is 0 Å². The van der Waals surface area contributed by atoms with Crippen molar-refractivity contribution in [2.75, 3.05) is 0 Å². The number of carbonyl (C=O) groups is 3. The van der Waals surface area contributed by atoms with E-state index in [0.717, 1.165) is 5.56 Å². The minimum Gasteiger partial charge on any atom is -0.330 e. The lowest BCUT2D eigenvalue weighted by Crippen LogP contribution is -2.71. The van der Waals surface area contributed by atoms with Gasteiger partial charge in [0.15, 0.2) is 0 Å². The molecular formula is C18H17N5O3. The van der Waals surface area contributed by atoms with Gasteiger partial charge in [0.25, 0.3) is 0 Å². The highest BCUT2D eigenvalue weighted by Crippen LogP contribution is 2.32. The molecule has 2 saturated heterocycles. The van der Waals surface area contributed by atoms with Crippen molar-refractivity contribution in [2.45, 2.75) is 18.8 Å². The monoisotopic (exact) mass is 351 g/mol. The zero-order chi connectivity index (χ0) is 18.1. The molecule has 1 aromatic heterocycles. The third kappa shape index (κ3) is 2.85. The number of pyridine rings is 1. The van der Waals surface area contributed by atoms with Crippen molar-refractivity contribution >= 4 is 18.0 Å². The van der Waals surface area contributed by atoms with E-state index < -0.39 is 36.1 Å². The number of amides is 5. The van der Waals surface area contributed by atoms with Gasteiger partial charge in [0.2, 0.25) is 5.91 Å². The standard InChI is InChI=1S/C18H17N5O3/c24-16-13-14(12-7-4-8-19-9-12)20-17(25)21-15(13)23(18(26)22-16)10-11-5-2-1-3-6-11/h1-9,13-15H,10H2,(H2,20,21,25)(H,22,24,26). The second-order valence-electron chi connectivity index (χ2n) is 6.26. The Hall–Kier alpha value is -3.42. The number of rotatable bonds is 3. The van der Waals surface area contributed by atoms with Crippen LogP contribution in [0.4, 0.5) is 9.59 Å². The number of hydrogen-bond acceptors (Lipinski definition) is 4. The van der Waals surface area contributed by atoms with Gasteiger partial charge in [-0.05, 0) is 17.2 Å². The average Bonchev–Trinajstić information content (AvgIpc) is 2.66. The summed E-state index contributed by atoms with van der Waals surface area (Å²) in [5.74, 6) is -1.09. The lowest BCUT2D eigenvalue weighted by atomic mass is 9.86. The van der Waals surface area contributed by atoms with Crippen LogP contribution >= 0.6 is 0 Å². The van der Waals surface area contributed by atoms with Gasteiger partial charge in [-0.1, -0.05) is 36.4 Å². The number of imide groups is 1. The number of hydrogen-bond donors (Lipinski definition) is 3. The Morgan fingerprint density at radius 3 is 2.54 bits per heavy atom. The minimum absolute atomic E-state index is 0.279. The van der Waals surface area contributed by atoms with Crippen molar-refractivity contribution in [1.29, 1.82) is 0 Å². The summed E-state index contributed by atoms with van der Waals surface area (Å²) in [5, 5.41) is 7.90. The molecule has 3 unspecified atom stereocenters. The second-order valence-corrected chi connectivity index (χ2v) is 6.26. The average molecular weight is 351 g/mol. The number of nitrogens with zero attached hydrogens (tertiary/aromatic N) is 2. The maximum Gasteiger partial charge on any atom is 0.326 e. The fourth-order valence-corrected chi connectivity index (χ4v) is 3.43. The van der Waals surface area contributed by atoms with Crippen LogP contribution in [0, 0.1) is 5.92 Å². The van der Waals surface area contributed by atoms with Gasteiger partial charge < -0.3 is 10.6 Å². The molecule has 8 nitrogen and oxygen atoms in total. The predicted octanol–water partition coefficient (Wildman–Crippen LogP) is 1.13. The molecular weight excluding hydrogens is 334 g/mol. The van der Waals surface area contributed by atoms with E-state index in [2.05, 4.69) is 20.9 Å². The molecule has 2 aromatic rings. The molecule has 2 aliphatic heterocycles. The first-order valence-corrected chi connectivity index (χ1v) is 8.26. The molecule has 132 valence electrons. The Kier molecular flexibility index (Phi) is 4.00. The quantitative estimate of drug-likeness (QED) is 0.771. The van der Waals surface area contributed by atoms with Gasteiger partial charge in [-0.25, -0.2) is 9.59 Å². The predicted molar refractivity (Wildman–Crippen MR) is 91.4 cm³/mol. The van der Waals surface area contributed by atoms with E-state index in [4.69, 9.17) is 0 Å². The van der Waals surface area contributed by atoms with E-state index in [-0.39, 0.29) is 6.54 Å². The fourth-order valence-electron chi connectivity index (χ4n) is 3.43. The molecule has 4 rings (SSSR count). The Balaban J connectivity index is 1.69. The van der Waals surface area contributed by atoms with Crippen molar-refractivity contribution in [2.24, 2.45) is 5.92 Å². The van der Waals surface area contributed by atoms with Crippen molar-refractivity contribution < 1.29 is 14.4 Å². The van der Waals surface area contributed by atoms with Crippen molar-refractivity contribution in [1.82, 2.24) is 25.8 Å². The summed E-state index contributed by atoms with van der Waals surface area (Å²) in [5.41, 5.74) is 1.61. The molecule has 3 atom stereocenters. The van der Waals surface area contributed by atoms with E-state index in [9.17, 15) is 14.4 Å². The lowest BCUT2D eigenvalue weighted by Gasteiger charge is -2.46. The number of nitrogens with one attached hydrogen (secondary N) is 3. The summed E-state index contributed by atoms with van der Waals surface area (Å²) >= 11 is 0. The highest BCUT2D eigenvalue weighted by Gasteiger charge is 2.49. The van der Waals surface area contributed by atoms with E-state index in [1.54, 1.807) is 24.5 Å². The van der Waals surface area contributed by atoms with Crippen molar-refractivity contribution in [3.8, 4) is 0 Å². The van der Waals surface area contributed by atoms with Gasteiger partial charge in [0.05, 0.1) is 6.04 Å². The molecule has 0 spiro atoms. The van der Waals surface area contributed by atoms with Crippen LogP contribution in [-0.4, -0.2) is 34.0 Å². The van der Waals surface area contributed by atoms with Gasteiger partial charge in [-0.3, -0.25) is 20.0 Å². The second kappa shape index (κ2) is 6.47. The van der Waals surface area contributed by atoms with Gasteiger partial charge in [0, 0.05) is 18.9 Å². The Bertz CT molecular complexity index is 842. The molecule has 0 radical (unpaired) electrons. The Morgan fingerprint density at radius 1 is 1.00 bits per heavy atom. The molecule has 0 saturated carbocycles. The molecule has 1 aromatic carbocycles. The van der Waals surface area contributed by atoms with Crippen LogP contribution < -0.4 is 16.0 Å². The molecule has 2 fully saturated rings. The van der Waals surface area contributed by atoms with Crippen LogP contribution in [-0.2, 0) is 11.3 Å². The van der Waals surface area contributed by atoms with Gasteiger partial charge in [0.1, 0.15) is 12.1 Å². The molecule has 5 amide bonds. The highest BCUT2D eigenvalue weighted by atomic mass is 16.2. The highest BCUT2D eigenvalue weighted by molar-refractivity contribution is 6.00. The largest absolute Gasteiger partial charge is 0.330 e. The number of fused-ring (bicyclic) bond motifs is 1. The van der Waals surface area contributed by atoms with Crippen LogP contribution in [0.5, 0.6) is 0 Å². The molecule has 2 aliphatic rings. The number of benzene rings is 1. The maximum absolute atomic E-state index is 12.6. The Morgan fingerprint density at radius 2 is 1.81 bits per heavy atom. The first-order chi connectivity index (χ1) is 12.6. The van der Waals surface area contributed by atoms with Crippen molar-refractivity contribution in [3.63, 3.8) is 0 Å². The molecule has 3 N–H and O–H groups in total. The van der Waals surface area contributed by atoms with E-state index in [1.807, 2.05) is 30.3 Å². The summed E-state index contributed by atoms with van der Waals surface area (Å²) in [6.45, 7) is 0.279. The zero-order valence-corrected chi connectivity index (χ0v) is 13.8. The minimum atomic E-state index is -0.740. The molecule has 26 heavy (non-hydrogen) atoms. The van der Waals surface area contributed by atoms with Crippen LogP contribution in [0.1, 0.15) is 17.2 Å². The van der Waals surface area contributed by atoms with Gasteiger partial charge in [-0.15, -0.1) is 0 Å². The summed E-state index contributed by atoms with van der Waals surface area (Å²) in [6, 6.07) is 11.4. The SMILES string of the molecule is O=C1NC(c2cccnc2)C2C(=O)NC(=O)N(Cc3ccccc3)C2N1. The van der Waals surface area contributed by atoms with E-state index in [0.29, 0.717) is 5.56 Å². The first-order valence-electron chi connectivity index (χ1n) is 8.26. The molecule has 3 heterocycles. The molecule has 0 aliphatic carbocycles. The molecule has 8 heteroatoms. The van der Waals surface area contributed by atoms with Crippen LogP contribution in [0.3, 0.4) is 0 Å². The third-order valence-electron chi connectivity index (χ3n) is 4.63. The summed E-state index contributed by atoms with van der Waals surface area (Å²) in [7, 11) is 0. The zero-order valence-electron chi connectivity index (χ0n) is 13.8. The third-order valence-corrected chi connectivity index (χ3v) is 4.63. The smallest absolute Gasteiger partial charge is 0.326 e. The summed E-state index contributed by atoms with van der Waals surface area (Å²) in [6.07, 6.45) is 2.49. The van der Waals surface area contributed by atoms with Gasteiger partial charge >= 0.3 is 12.1 Å². The normalized spacial score (nSPS) is 25.0. The Labute approximate surface area is 149 Å².